The summed E-state index contributed by atoms with van der Waals surface area (Å²) < 4.78 is 0.611. The standard InChI is InChI=1S/C12H13BrN2O3/c13-9-3-8(11(16)17)4-10(5-9)15-12(18)14-6-7-1-2-7/h3-5,7H,1-2,6H2,(H,16,17)(H2,14,15,18). The maximum Gasteiger partial charge on any atom is 0.335 e. The molecule has 0 atom stereocenters. The van der Waals surface area contributed by atoms with Crippen LogP contribution in [0.1, 0.15) is 23.2 Å². The van der Waals surface area contributed by atoms with Crippen LogP contribution in [0.25, 0.3) is 0 Å². The van der Waals surface area contributed by atoms with Crippen LogP contribution < -0.4 is 10.6 Å². The lowest BCUT2D eigenvalue weighted by Gasteiger charge is -2.08. The monoisotopic (exact) mass is 312 g/mol. The Hall–Kier alpha value is -1.56. The number of carboxylic acids is 1. The van der Waals surface area contributed by atoms with E-state index in [0.717, 1.165) is 0 Å². The van der Waals surface area contributed by atoms with Gasteiger partial charge in [-0.25, -0.2) is 9.59 Å². The highest BCUT2D eigenvalue weighted by molar-refractivity contribution is 9.10. The quantitative estimate of drug-likeness (QED) is 0.799. The highest BCUT2D eigenvalue weighted by atomic mass is 79.9. The van der Waals surface area contributed by atoms with E-state index in [-0.39, 0.29) is 11.6 Å². The average Bonchev–Trinajstić information content (AvgIpc) is 3.09. The summed E-state index contributed by atoms with van der Waals surface area (Å²) in [5.41, 5.74) is 0.580. The molecule has 2 amide bonds. The van der Waals surface area contributed by atoms with Crippen LogP contribution in [0.2, 0.25) is 0 Å². The van der Waals surface area contributed by atoms with E-state index < -0.39 is 5.97 Å². The number of hydrogen-bond donors (Lipinski definition) is 3. The van der Waals surface area contributed by atoms with E-state index in [2.05, 4.69) is 26.6 Å². The molecule has 1 aliphatic carbocycles. The number of hydrogen-bond acceptors (Lipinski definition) is 2. The molecular formula is C12H13BrN2O3. The third kappa shape index (κ3) is 3.73. The molecule has 0 heterocycles. The van der Waals surface area contributed by atoms with Gasteiger partial charge in [0.15, 0.2) is 0 Å². The smallest absolute Gasteiger partial charge is 0.335 e. The molecule has 1 aromatic carbocycles. The molecule has 0 spiro atoms. The first-order chi connectivity index (χ1) is 8.54. The van der Waals surface area contributed by atoms with Crippen LogP contribution in [0.4, 0.5) is 10.5 Å². The molecule has 1 aliphatic rings. The first-order valence-corrected chi connectivity index (χ1v) is 6.42. The van der Waals surface area contributed by atoms with Crippen molar-refractivity contribution in [1.82, 2.24) is 5.32 Å². The molecule has 2 rings (SSSR count). The number of amides is 2. The van der Waals surface area contributed by atoms with Gasteiger partial charge < -0.3 is 15.7 Å². The van der Waals surface area contributed by atoms with E-state index in [9.17, 15) is 9.59 Å². The molecule has 1 aromatic rings. The molecule has 6 heteroatoms. The van der Waals surface area contributed by atoms with E-state index >= 15 is 0 Å². The second-order valence-electron chi connectivity index (χ2n) is 4.31. The van der Waals surface area contributed by atoms with Gasteiger partial charge in [0.05, 0.1) is 5.56 Å². The van der Waals surface area contributed by atoms with Crippen molar-refractivity contribution in [1.29, 1.82) is 0 Å². The summed E-state index contributed by atoms with van der Waals surface area (Å²) in [5, 5.41) is 14.3. The van der Waals surface area contributed by atoms with Crippen LogP contribution >= 0.6 is 15.9 Å². The summed E-state index contributed by atoms with van der Waals surface area (Å²) in [5.74, 6) is -0.425. The minimum atomic E-state index is -1.03. The third-order valence-electron chi connectivity index (χ3n) is 2.65. The van der Waals surface area contributed by atoms with E-state index in [4.69, 9.17) is 5.11 Å². The molecular weight excluding hydrogens is 300 g/mol. The molecule has 0 bridgehead atoms. The molecule has 1 fully saturated rings. The SMILES string of the molecule is O=C(NCC1CC1)Nc1cc(Br)cc(C(=O)O)c1. The fraction of sp³-hybridized carbons (Fsp3) is 0.333. The Balaban J connectivity index is 1.98. The predicted molar refractivity (Wildman–Crippen MR) is 70.8 cm³/mol. The number of rotatable bonds is 4. The number of carbonyl (C=O) groups is 2. The lowest BCUT2D eigenvalue weighted by Crippen LogP contribution is -2.30. The maximum absolute atomic E-state index is 11.6. The summed E-state index contributed by atoms with van der Waals surface area (Å²) in [4.78, 5) is 22.4. The summed E-state index contributed by atoms with van der Waals surface area (Å²) in [6.07, 6.45) is 2.33. The highest BCUT2D eigenvalue weighted by Gasteiger charge is 2.21. The number of carbonyl (C=O) groups excluding carboxylic acids is 1. The zero-order chi connectivity index (χ0) is 13.1. The van der Waals surface area contributed by atoms with Gasteiger partial charge in [0.25, 0.3) is 0 Å². The fourth-order valence-corrected chi connectivity index (χ4v) is 2.01. The van der Waals surface area contributed by atoms with Gasteiger partial charge in [-0.05, 0) is 37.0 Å². The van der Waals surface area contributed by atoms with Crippen LogP contribution in [0.5, 0.6) is 0 Å². The number of aromatic carboxylic acids is 1. The second kappa shape index (κ2) is 5.39. The minimum absolute atomic E-state index is 0.127. The van der Waals surface area contributed by atoms with Gasteiger partial charge in [-0.1, -0.05) is 15.9 Å². The topological polar surface area (TPSA) is 78.4 Å². The minimum Gasteiger partial charge on any atom is -0.478 e. The van der Waals surface area contributed by atoms with E-state index in [1.807, 2.05) is 0 Å². The summed E-state index contributed by atoms with van der Waals surface area (Å²) in [6.45, 7) is 0.672. The van der Waals surface area contributed by atoms with Gasteiger partial charge in [0.2, 0.25) is 0 Å². The molecule has 0 saturated heterocycles. The largest absolute Gasteiger partial charge is 0.478 e. The van der Waals surface area contributed by atoms with Gasteiger partial charge in [0, 0.05) is 16.7 Å². The van der Waals surface area contributed by atoms with Crippen molar-refractivity contribution in [3.63, 3.8) is 0 Å². The Kier molecular flexibility index (Phi) is 3.86. The average molecular weight is 313 g/mol. The Morgan fingerprint density at radius 1 is 1.33 bits per heavy atom. The molecule has 18 heavy (non-hydrogen) atoms. The predicted octanol–water partition coefficient (Wildman–Crippen LogP) is 2.68. The van der Waals surface area contributed by atoms with Crippen molar-refractivity contribution in [3.05, 3.63) is 28.2 Å². The van der Waals surface area contributed by atoms with Crippen molar-refractivity contribution in [3.8, 4) is 0 Å². The summed E-state index contributed by atoms with van der Waals surface area (Å²) in [7, 11) is 0. The molecule has 96 valence electrons. The molecule has 5 nitrogen and oxygen atoms in total. The summed E-state index contributed by atoms with van der Waals surface area (Å²) in [6, 6.07) is 4.25. The van der Waals surface area contributed by atoms with Gasteiger partial charge >= 0.3 is 12.0 Å². The normalized spacial score (nSPS) is 14.1. The zero-order valence-corrected chi connectivity index (χ0v) is 11.2. The number of halogens is 1. The van der Waals surface area contributed by atoms with Crippen molar-refractivity contribution in [2.24, 2.45) is 5.92 Å². The Labute approximate surface area is 113 Å². The van der Waals surface area contributed by atoms with E-state index in [0.29, 0.717) is 22.6 Å². The third-order valence-corrected chi connectivity index (χ3v) is 3.11. The molecule has 1 saturated carbocycles. The Morgan fingerprint density at radius 2 is 2.06 bits per heavy atom. The van der Waals surface area contributed by atoms with Crippen molar-refractivity contribution >= 4 is 33.6 Å². The lowest BCUT2D eigenvalue weighted by atomic mass is 10.2. The van der Waals surface area contributed by atoms with Crippen molar-refractivity contribution in [2.75, 3.05) is 11.9 Å². The molecule has 0 aromatic heterocycles. The Bertz CT molecular complexity index is 486. The van der Waals surface area contributed by atoms with Gasteiger partial charge in [-0.3, -0.25) is 0 Å². The molecule has 3 N–H and O–H groups in total. The maximum atomic E-state index is 11.6. The van der Waals surface area contributed by atoms with E-state index in [1.54, 1.807) is 6.07 Å². The molecule has 0 radical (unpaired) electrons. The van der Waals surface area contributed by atoms with Crippen LogP contribution in [-0.4, -0.2) is 23.7 Å². The first kappa shape index (κ1) is 12.9. The van der Waals surface area contributed by atoms with Crippen LogP contribution in [0.15, 0.2) is 22.7 Å². The fourth-order valence-electron chi connectivity index (χ4n) is 1.52. The number of urea groups is 1. The molecule has 0 unspecified atom stereocenters. The highest BCUT2D eigenvalue weighted by Crippen LogP contribution is 2.27. The first-order valence-electron chi connectivity index (χ1n) is 5.63. The van der Waals surface area contributed by atoms with Crippen molar-refractivity contribution < 1.29 is 14.7 Å². The van der Waals surface area contributed by atoms with Crippen LogP contribution in [0, 0.1) is 5.92 Å². The lowest BCUT2D eigenvalue weighted by molar-refractivity contribution is 0.0697. The number of anilines is 1. The van der Waals surface area contributed by atoms with Gasteiger partial charge in [-0.2, -0.15) is 0 Å². The van der Waals surface area contributed by atoms with Crippen LogP contribution in [0.3, 0.4) is 0 Å². The van der Waals surface area contributed by atoms with Gasteiger partial charge in [0.1, 0.15) is 0 Å². The molecule has 0 aliphatic heterocycles. The Morgan fingerprint density at radius 3 is 2.67 bits per heavy atom. The second-order valence-corrected chi connectivity index (χ2v) is 5.23. The number of benzene rings is 1. The van der Waals surface area contributed by atoms with E-state index in [1.165, 1.54) is 25.0 Å². The summed E-state index contributed by atoms with van der Waals surface area (Å²) >= 11 is 3.21. The zero-order valence-electron chi connectivity index (χ0n) is 9.57. The van der Waals surface area contributed by atoms with Gasteiger partial charge in [-0.15, -0.1) is 0 Å². The van der Waals surface area contributed by atoms with Crippen molar-refractivity contribution in [2.45, 2.75) is 12.8 Å². The number of nitrogens with one attached hydrogen (secondary N) is 2. The number of carboxylic acid groups (broad SMARTS) is 1. The van der Waals surface area contributed by atoms with Crippen LogP contribution in [-0.2, 0) is 0 Å².